The number of rotatable bonds is 4. The molecule has 0 bridgehead atoms. The van der Waals surface area contributed by atoms with Gasteiger partial charge in [-0.2, -0.15) is 0 Å². The van der Waals surface area contributed by atoms with Gasteiger partial charge < -0.3 is 14.4 Å². The monoisotopic (exact) mass is 360 g/mol. The number of nitrogens with zero attached hydrogens (tertiary/aromatic N) is 3. The molecule has 0 radical (unpaired) electrons. The molecule has 1 aromatic heterocycles. The van der Waals surface area contributed by atoms with Crippen LogP contribution >= 0.6 is 11.8 Å². The highest BCUT2D eigenvalue weighted by Crippen LogP contribution is 2.33. The maximum Gasteiger partial charge on any atom is 0.233 e. The van der Waals surface area contributed by atoms with Crippen LogP contribution in [0.2, 0.25) is 0 Å². The first-order chi connectivity index (χ1) is 12.3. The van der Waals surface area contributed by atoms with Crippen molar-refractivity contribution >= 4 is 17.7 Å². The number of aromatic amines is 1. The van der Waals surface area contributed by atoms with Crippen molar-refractivity contribution in [1.29, 1.82) is 0 Å². The van der Waals surface area contributed by atoms with E-state index in [1.807, 2.05) is 23.1 Å². The summed E-state index contributed by atoms with van der Waals surface area (Å²) in [4.78, 5) is 18.6. The number of nitrogens with one attached hydrogen (secondary N) is 1. The molecular weight excluding hydrogens is 340 g/mol. The SMILES string of the molecule is O=C(CSc1n[nH]c(-c2ccc3c(c2)OCCO3)n1)N1CCCCC1. The molecule has 4 rings (SSSR count). The van der Waals surface area contributed by atoms with E-state index in [0.717, 1.165) is 43.0 Å². The number of hydrogen-bond acceptors (Lipinski definition) is 6. The molecule has 1 amide bonds. The summed E-state index contributed by atoms with van der Waals surface area (Å²) in [5, 5.41) is 7.71. The quantitative estimate of drug-likeness (QED) is 0.843. The minimum absolute atomic E-state index is 0.162. The van der Waals surface area contributed by atoms with Crippen LogP contribution in [-0.4, -0.2) is 58.0 Å². The Morgan fingerprint density at radius 3 is 2.80 bits per heavy atom. The van der Waals surface area contributed by atoms with Crippen molar-refractivity contribution in [3.8, 4) is 22.9 Å². The second-order valence-electron chi connectivity index (χ2n) is 6.06. The molecule has 2 aliphatic rings. The van der Waals surface area contributed by atoms with Gasteiger partial charge in [0.2, 0.25) is 11.1 Å². The lowest BCUT2D eigenvalue weighted by atomic mass is 10.1. The molecule has 25 heavy (non-hydrogen) atoms. The number of amides is 1. The van der Waals surface area contributed by atoms with E-state index < -0.39 is 0 Å². The minimum Gasteiger partial charge on any atom is -0.486 e. The number of piperidine rings is 1. The van der Waals surface area contributed by atoms with Crippen LogP contribution in [-0.2, 0) is 4.79 Å². The number of likely N-dealkylation sites (tertiary alicyclic amines) is 1. The molecule has 1 N–H and O–H groups in total. The highest BCUT2D eigenvalue weighted by Gasteiger charge is 2.18. The molecule has 0 spiro atoms. The molecule has 2 aliphatic heterocycles. The fourth-order valence-corrected chi connectivity index (χ4v) is 3.69. The molecule has 3 heterocycles. The van der Waals surface area contributed by atoms with E-state index in [2.05, 4.69) is 15.2 Å². The van der Waals surface area contributed by atoms with Crippen molar-refractivity contribution < 1.29 is 14.3 Å². The molecule has 132 valence electrons. The zero-order valence-corrected chi connectivity index (χ0v) is 14.7. The fourth-order valence-electron chi connectivity index (χ4n) is 2.99. The van der Waals surface area contributed by atoms with E-state index in [9.17, 15) is 4.79 Å². The summed E-state index contributed by atoms with van der Waals surface area (Å²) in [7, 11) is 0. The van der Waals surface area contributed by atoms with E-state index in [1.165, 1.54) is 18.2 Å². The van der Waals surface area contributed by atoms with Gasteiger partial charge in [0.25, 0.3) is 0 Å². The number of fused-ring (bicyclic) bond motifs is 1. The van der Waals surface area contributed by atoms with Gasteiger partial charge in [-0.25, -0.2) is 4.98 Å². The highest BCUT2D eigenvalue weighted by molar-refractivity contribution is 7.99. The first-order valence-electron chi connectivity index (χ1n) is 8.52. The van der Waals surface area contributed by atoms with E-state index in [1.54, 1.807) is 0 Å². The zero-order chi connectivity index (χ0) is 17.1. The van der Waals surface area contributed by atoms with E-state index >= 15 is 0 Å². The average molecular weight is 360 g/mol. The topological polar surface area (TPSA) is 80.3 Å². The summed E-state index contributed by atoms with van der Waals surface area (Å²) in [6.45, 7) is 2.86. The molecule has 0 unspecified atom stereocenters. The van der Waals surface area contributed by atoms with Crippen LogP contribution in [0.5, 0.6) is 11.5 Å². The second kappa shape index (κ2) is 7.35. The van der Waals surface area contributed by atoms with Crippen molar-refractivity contribution in [3.63, 3.8) is 0 Å². The third-order valence-electron chi connectivity index (χ3n) is 4.31. The molecule has 0 aliphatic carbocycles. The van der Waals surface area contributed by atoms with Crippen LogP contribution in [0.15, 0.2) is 23.4 Å². The third kappa shape index (κ3) is 3.73. The van der Waals surface area contributed by atoms with Crippen molar-refractivity contribution in [1.82, 2.24) is 20.1 Å². The zero-order valence-electron chi connectivity index (χ0n) is 13.9. The van der Waals surface area contributed by atoms with Gasteiger partial charge in [0.1, 0.15) is 13.2 Å². The Morgan fingerprint density at radius 1 is 1.16 bits per heavy atom. The predicted molar refractivity (Wildman–Crippen MR) is 94.0 cm³/mol. The van der Waals surface area contributed by atoms with Gasteiger partial charge in [-0.15, -0.1) is 5.10 Å². The van der Waals surface area contributed by atoms with Crippen LogP contribution in [0.3, 0.4) is 0 Å². The predicted octanol–water partition coefficient (Wildman–Crippen LogP) is 2.35. The van der Waals surface area contributed by atoms with Gasteiger partial charge >= 0.3 is 0 Å². The Bertz CT molecular complexity index is 758. The Kier molecular flexibility index (Phi) is 4.78. The number of benzene rings is 1. The van der Waals surface area contributed by atoms with Crippen LogP contribution in [0.1, 0.15) is 19.3 Å². The van der Waals surface area contributed by atoms with Crippen LogP contribution in [0.25, 0.3) is 11.4 Å². The first-order valence-corrected chi connectivity index (χ1v) is 9.51. The number of hydrogen-bond donors (Lipinski definition) is 1. The number of carbonyl (C=O) groups is 1. The number of aromatic nitrogens is 3. The minimum atomic E-state index is 0.162. The third-order valence-corrected chi connectivity index (χ3v) is 5.15. The van der Waals surface area contributed by atoms with Gasteiger partial charge in [0, 0.05) is 18.7 Å². The van der Waals surface area contributed by atoms with E-state index in [-0.39, 0.29) is 5.91 Å². The van der Waals surface area contributed by atoms with Crippen molar-refractivity contribution in [3.05, 3.63) is 18.2 Å². The summed E-state index contributed by atoms with van der Waals surface area (Å²) >= 11 is 1.37. The number of thioether (sulfide) groups is 1. The smallest absolute Gasteiger partial charge is 0.233 e. The van der Waals surface area contributed by atoms with Gasteiger partial charge in [0.15, 0.2) is 17.3 Å². The lowest BCUT2D eigenvalue weighted by Crippen LogP contribution is -2.36. The largest absolute Gasteiger partial charge is 0.486 e. The molecule has 7 nitrogen and oxygen atoms in total. The van der Waals surface area contributed by atoms with Gasteiger partial charge in [-0.1, -0.05) is 11.8 Å². The van der Waals surface area contributed by atoms with Gasteiger partial charge in [-0.3, -0.25) is 9.89 Å². The summed E-state index contributed by atoms with van der Waals surface area (Å²) in [6, 6.07) is 5.68. The van der Waals surface area contributed by atoms with Crippen LogP contribution in [0.4, 0.5) is 0 Å². The molecule has 2 aromatic rings. The van der Waals surface area contributed by atoms with E-state index in [4.69, 9.17) is 9.47 Å². The van der Waals surface area contributed by atoms with Crippen LogP contribution in [0, 0.1) is 0 Å². The molecule has 1 fully saturated rings. The summed E-state index contributed by atoms with van der Waals surface area (Å²) in [5.41, 5.74) is 0.881. The summed E-state index contributed by atoms with van der Waals surface area (Å²) < 4.78 is 11.1. The normalized spacial score (nSPS) is 16.7. The molecule has 0 atom stereocenters. The maximum atomic E-state index is 12.2. The first kappa shape index (κ1) is 16.3. The van der Waals surface area contributed by atoms with Crippen molar-refractivity contribution in [2.24, 2.45) is 0 Å². The Balaban J connectivity index is 1.39. The molecule has 1 aromatic carbocycles. The molecule has 8 heteroatoms. The molecular formula is C17H20N4O3S. The fraction of sp³-hybridized carbons (Fsp3) is 0.471. The van der Waals surface area contributed by atoms with Crippen molar-refractivity contribution in [2.45, 2.75) is 24.4 Å². The number of ether oxygens (including phenoxy) is 2. The Morgan fingerprint density at radius 2 is 1.96 bits per heavy atom. The highest BCUT2D eigenvalue weighted by atomic mass is 32.2. The average Bonchev–Trinajstić information content (AvgIpc) is 3.15. The van der Waals surface area contributed by atoms with Gasteiger partial charge in [0.05, 0.1) is 5.75 Å². The number of H-pyrrole nitrogens is 1. The lowest BCUT2D eigenvalue weighted by molar-refractivity contribution is -0.129. The number of carbonyl (C=O) groups excluding carboxylic acids is 1. The second-order valence-corrected chi connectivity index (χ2v) is 7.00. The Labute approximate surface area is 150 Å². The maximum absolute atomic E-state index is 12.2. The standard InChI is InChI=1S/C17H20N4O3S/c22-15(21-6-2-1-3-7-21)11-25-17-18-16(19-20-17)12-4-5-13-14(10-12)24-9-8-23-13/h4-5,10H,1-3,6-9,11H2,(H,18,19,20). The lowest BCUT2D eigenvalue weighted by Gasteiger charge is -2.26. The molecule has 0 saturated carbocycles. The van der Waals surface area contributed by atoms with Crippen LogP contribution < -0.4 is 9.47 Å². The Hall–Kier alpha value is -2.22. The van der Waals surface area contributed by atoms with Crippen molar-refractivity contribution in [2.75, 3.05) is 32.1 Å². The van der Waals surface area contributed by atoms with Gasteiger partial charge in [-0.05, 0) is 37.5 Å². The van der Waals surface area contributed by atoms with E-state index in [0.29, 0.717) is 29.9 Å². The summed E-state index contributed by atoms with van der Waals surface area (Å²) in [6.07, 6.45) is 3.42. The summed E-state index contributed by atoms with van der Waals surface area (Å²) in [5.74, 6) is 2.66. The molecule has 1 saturated heterocycles.